The Morgan fingerprint density at radius 2 is 1.75 bits per heavy atom. The molecule has 7 nitrogen and oxygen atoms in total. The molecule has 0 bridgehead atoms. The molecule has 0 radical (unpaired) electrons. The second-order valence-corrected chi connectivity index (χ2v) is 8.55. The largest absolute Gasteiger partial charge is 0.487 e. The van der Waals surface area contributed by atoms with E-state index in [9.17, 15) is 0 Å². The van der Waals surface area contributed by atoms with Crippen molar-refractivity contribution in [1.82, 2.24) is 19.5 Å². The van der Waals surface area contributed by atoms with Gasteiger partial charge in [-0.1, -0.05) is 30.3 Å². The van der Waals surface area contributed by atoms with Gasteiger partial charge in [-0.2, -0.15) is 0 Å². The van der Waals surface area contributed by atoms with Crippen LogP contribution >= 0.6 is 0 Å². The summed E-state index contributed by atoms with van der Waals surface area (Å²) in [6.45, 7) is 1.29. The number of nitrogens with zero attached hydrogens (tertiary/aromatic N) is 4. The highest BCUT2D eigenvalue weighted by molar-refractivity contribution is 5.80. The first-order chi connectivity index (χ1) is 17.8. The lowest BCUT2D eigenvalue weighted by molar-refractivity contribution is 0.301. The van der Waals surface area contributed by atoms with E-state index in [1.54, 1.807) is 12.5 Å². The molecule has 0 fully saturated rings. The first kappa shape index (κ1) is 21.9. The minimum Gasteiger partial charge on any atom is -0.487 e. The molecule has 0 atom stereocenters. The molecular weight excluding hydrogens is 452 g/mol. The second kappa shape index (κ2) is 9.92. The fourth-order valence-electron chi connectivity index (χ4n) is 4.06. The molecule has 6 rings (SSSR count). The van der Waals surface area contributed by atoms with Crippen molar-refractivity contribution in [3.05, 3.63) is 109 Å². The molecule has 0 saturated heterocycles. The molecule has 6 aromatic rings. The number of imidazole rings is 1. The van der Waals surface area contributed by atoms with E-state index in [0.29, 0.717) is 18.4 Å². The molecule has 3 aromatic heterocycles. The Kier molecular flexibility index (Phi) is 6.02. The number of rotatable bonds is 9. The van der Waals surface area contributed by atoms with E-state index in [0.717, 1.165) is 53.1 Å². The molecule has 3 heterocycles. The van der Waals surface area contributed by atoms with Crippen LogP contribution in [0, 0.1) is 0 Å². The molecule has 7 heteroatoms. The SMILES string of the molecule is c1ccc(-c2nc3cc(-c4nc(COc5ccc(CCCn6ccnc6)cc5)co4)ccc3o2)cc1. The summed E-state index contributed by atoms with van der Waals surface area (Å²) in [7, 11) is 0. The normalized spacial score (nSPS) is 11.2. The lowest BCUT2D eigenvalue weighted by atomic mass is 10.1. The third kappa shape index (κ3) is 4.90. The Hall–Kier alpha value is -4.65. The zero-order valence-electron chi connectivity index (χ0n) is 19.6. The summed E-state index contributed by atoms with van der Waals surface area (Å²) < 4.78 is 19.6. The van der Waals surface area contributed by atoms with Crippen molar-refractivity contribution in [2.45, 2.75) is 26.0 Å². The minimum atomic E-state index is 0.327. The van der Waals surface area contributed by atoms with Gasteiger partial charge in [0, 0.05) is 30.1 Å². The van der Waals surface area contributed by atoms with Crippen LogP contribution in [0.4, 0.5) is 0 Å². The standard InChI is InChI=1S/C29H24N4O3/c1-2-6-22(7-3-1)29-32-26-17-23(10-13-27(26)36-29)28-31-24(19-35-28)18-34-25-11-8-21(9-12-25)5-4-15-33-16-14-30-20-33/h1-3,6-14,16-17,19-20H,4-5,15,18H2. The number of aromatic nitrogens is 4. The van der Waals surface area contributed by atoms with Crippen LogP contribution in [-0.2, 0) is 19.6 Å². The minimum absolute atomic E-state index is 0.327. The molecule has 0 aliphatic carbocycles. The van der Waals surface area contributed by atoms with Gasteiger partial charge in [-0.05, 0) is 60.9 Å². The van der Waals surface area contributed by atoms with Crippen LogP contribution in [-0.4, -0.2) is 19.5 Å². The highest BCUT2D eigenvalue weighted by Gasteiger charge is 2.12. The molecule has 0 aliphatic heterocycles. The highest BCUT2D eigenvalue weighted by Crippen LogP contribution is 2.28. The van der Waals surface area contributed by atoms with Crippen LogP contribution in [0.2, 0.25) is 0 Å². The average Bonchev–Trinajstić information content (AvgIpc) is 3.69. The van der Waals surface area contributed by atoms with Crippen LogP contribution < -0.4 is 4.74 Å². The van der Waals surface area contributed by atoms with E-state index in [-0.39, 0.29) is 0 Å². The van der Waals surface area contributed by atoms with Crippen molar-refractivity contribution in [2.75, 3.05) is 0 Å². The molecule has 0 unspecified atom stereocenters. The maximum Gasteiger partial charge on any atom is 0.227 e. The molecule has 36 heavy (non-hydrogen) atoms. The Bertz CT molecular complexity index is 1550. The summed E-state index contributed by atoms with van der Waals surface area (Å²) in [6, 6.07) is 23.8. The number of aryl methyl sites for hydroxylation is 2. The topological polar surface area (TPSA) is 79.1 Å². The predicted octanol–water partition coefficient (Wildman–Crippen LogP) is 6.56. The van der Waals surface area contributed by atoms with Gasteiger partial charge in [0.05, 0.1) is 6.33 Å². The lowest BCUT2D eigenvalue weighted by Crippen LogP contribution is -1.98. The van der Waals surface area contributed by atoms with Crippen LogP contribution in [0.1, 0.15) is 17.7 Å². The van der Waals surface area contributed by atoms with E-state index in [2.05, 4.69) is 31.7 Å². The maximum absolute atomic E-state index is 5.92. The van der Waals surface area contributed by atoms with Crippen molar-refractivity contribution in [3.63, 3.8) is 0 Å². The lowest BCUT2D eigenvalue weighted by Gasteiger charge is -2.06. The molecular formula is C29H24N4O3. The van der Waals surface area contributed by atoms with Gasteiger partial charge in [-0.15, -0.1) is 0 Å². The summed E-state index contributed by atoms with van der Waals surface area (Å²) >= 11 is 0. The van der Waals surface area contributed by atoms with E-state index in [1.165, 1.54) is 5.56 Å². The van der Waals surface area contributed by atoms with E-state index >= 15 is 0 Å². The third-order valence-electron chi connectivity index (χ3n) is 5.96. The smallest absolute Gasteiger partial charge is 0.227 e. The van der Waals surface area contributed by atoms with Crippen molar-refractivity contribution < 1.29 is 13.6 Å². The van der Waals surface area contributed by atoms with Gasteiger partial charge in [-0.3, -0.25) is 0 Å². The summed E-state index contributed by atoms with van der Waals surface area (Å²) in [4.78, 5) is 13.3. The molecule has 0 spiro atoms. The number of hydrogen-bond donors (Lipinski definition) is 0. The molecule has 0 N–H and O–H groups in total. The van der Waals surface area contributed by atoms with Gasteiger partial charge in [-0.25, -0.2) is 15.0 Å². The molecule has 0 aliphatic rings. The van der Waals surface area contributed by atoms with Gasteiger partial charge in [0.2, 0.25) is 11.8 Å². The molecule has 0 amide bonds. The van der Waals surface area contributed by atoms with Crippen LogP contribution in [0.25, 0.3) is 34.0 Å². The van der Waals surface area contributed by atoms with Gasteiger partial charge in [0.15, 0.2) is 5.58 Å². The van der Waals surface area contributed by atoms with Crippen molar-refractivity contribution in [3.8, 4) is 28.7 Å². The fourth-order valence-corrected chi connectivity index (χ4v) is 4.06. The fraction of sp³-hybridized carbons (Fsp3) is 0.138. The predicted molar refractivity (Wildman–Crippen MR) is 136 cm³/mol. The summed E-state index contributed by atoms with van der Waals surface area (Å²) in [5.74, 6) is 1.91. The van der Waals surface area contributed by atoms with Crippen LogP contribution in [0.5, 0.6) is 5.75 Å². The molecule has 0 saturated carbocycles. The van der Waals surface area contributed by atoms with E-state index in [4.69, 9.17) is 13.6 Å². The van der Waals surface area contributed by atoms with Gasteiger partial charge in [0.1, 0.15) is 29.8 Å². The summed E-state index contributed by atoms with van der Waals surface area (Å²) in [5, 5.41) is 0. The van der Waals surface area contributed by atoms with E-state index in [1.807, 2.05) is 73.2 Å². The first-order valence-corrected chi connectivity index (χ1v) is 11.9. The quantitative estimate of drug-likeness (QED) is 0.235. The first-order valence-electron chi connectivity index (χ1n) is 11.9. The highest BCUT2D eigenvalue weighted by atomic mass is 16.5. The van der Waals surface area contributed by atoms with Gasteiger partial charge < -0.3 is 18.1 Å². The van der Waals surface area contributed by atoms with Crippen molar-refractivity contribution in [2.24, 2.45) is 0 Å². The third-order valence-corrected chi connectivity index (χ3v) is 5.96. The Morgan fingerprint density at radius 3 is 2.58 bits per heavy atom. The molecule has 178 valence electrons. The Labute approximate surface area is 208 Å². The molecule has 3 aromatic carbocycles. The number of oxazole rings is 2. The van der Waals surface area contributed by atoms with E-state index < -0.39 is 0 Å². The number of fused-ring (bicyclic) bond motifs is 1. The summed E-state index contributed by atoms with van der Waals surface area (Å²) in [5.41, 5.74) is 5.25. The number of ether oxygens (including phenoxy) is 1. The monoisotopic (exact) mass is 476 g/mol. The van der Waals surface area contributed by atoms with Crippen molar-refractivity contribution >= 4 is 11.1 Å². The maximum atomic E-state index is 5.92. The van der Waals surface area contributed by atoms with Gasteiger partial charge >= 0.3 is 0 Å². The van der Waals surface area contributed by atoms with Gasteiger partial charge in [0.25, 0.3) is 0 Å². The zero-order chi connectivity index (χ0) is 24.2. The van der Waals surface area contributed by atoms with Crippen molar-refractivity contribution in [1.29, 1.82) is 0 Å². The van der Waals surface area contributed by atoms with Crippen LogP contribution in [0.3, 0.4) is 0 Å². The Morgan fingerprint density at radius 1 is 0.861 bits per heavy atom. The van der Waals surface area contributed by atoms with Crippen LogP contribution in [0.15, 0.2) is 107 Å². The average molecular weight is 477 g/mol. The second-order valence-electron chi connectivity index (χ2n) is 8.55. The number of benzene rings is 3. The Balaban J connectivity index is 1.07. The zero-order valence-corrected chi connectivity index (χ0v) is 19.6. The summed E-state index contributed by atoms with van der Waals surface area (Å²) in [6.07, 6.45) is 9.34. The number of hydrogen-bond acceptors (Lipinski definition) is 6.